The third kappa shape index (κ3) is 3.14. The highest BCUT2D eigenvalue weighted by atomic mass is 16.5. The van der Waals surface area contributed by atoms with Crippen LogP contribution in [0.15, 0.2) is 42.7 Å². The average molecular weight is 269 g/mol. The van der Waals surface area contributed by atoms with E-state index in [1.54, 1.807) is 12.4 Å². The summed E-state index contributed by atoms with van der Waals surface area (Å²) in [4.78, 5) is 8.73. The number of hydrogen-bond acceptors (Lipinski definition) is 4. The lowest BCUT2D eigenvalue weighted by atomic mass is 10.1. The molecule has 4 heteroatoms. The number of nitrogens with zero attached hydrogens (tertiary/aromatic N) is 2. The molecule has 1 aromatic heterocycles. The second-order valence-corrected chi connectivity index (χ2v) is 4.99. The zero-order valence-electron chi connectivity index (χ0n) is 11.6. The van der Waals surface area contributed by atoms with Crippen molar-refractivity contribution in [3.05, 3.63) is 54.1 Å². The molecule has 1 N–H and O–H groups in total. The van der Waals surface area contributed by atoms with Gasteiger partial charge in [-0.2, -0.15) is 0 Å². The molecular weight excluding hydrogens is 250 g/mol. The minimum atomic E-state index is 0.00366. The first kappa shape index (κ1) is 13.1. The van der Waals surface area contributed by atoms with Crippen molar-refractivity contribution in [2.24, 2.45) is 0 Å². The first-order valence-corrected chi connectivity index (χ1v) is 7.13. The highest BCUT2D eigenvalue weighted by molar-refractivity contribution is 5.33. The summed E-state index contributed by atoms with van der Waals surface area (Å²) in [5.41, 5.74) is 1.14. The number of hydrogen-bond donors (Lipinski definition) is 1. The minimum Gasteiger partial charge on any atom is -0.490 e. The van der Waals surface area contributed by atoms with Gasteiger partial charge in [-0.25, -0.2) is 9.97 Å². The molecule has 1 saturated carbocycles. The van der Waals surface area contributed by atoms with E-state index in [0.29, 0.717) is 6.10 Å². The number of rotatable bonds is 6. The molecular formula is C16H19N3O. The maximum absolute atomic E-state index is 5.86. The van der Waals surface area contributed by atoms with E-state index in [2.05, 4.69) is 34.3 Å². The van der Waals surface area contributed by atoms with Gasteiger partial charge in [0.2, 0.25) is 0 Å². The molecule has 1 unspecified atom stereocenters. The largest absolute Gasteiger partial charge is 0.490 e. The summed E-state index contributed by atoms with van der Waals surface area (Å²) in [6.45, 7) is 2.94. The van der Waals surface area contributed by atoms with Crippen molar-refractivity contribution in [3.63, 3.8) is 0 Å². The maximum Gasteiger partial charge on any atom is 0.149 e. The molecule has 1 heterocycles. The molecule has 2 aromatic rings. The second-order valence-electron chi connectivity index (χ2n) is 4.99. The van der Waals surface area contributed by atoms with Crippen molar-refractivity contribution in [3.8, 4) is 5.75 Å². The van der Waals surface area contributed by atoms with Crippen LogP contribution in [0.3, 0.4) is 0 Å². The summed E-state index contributed by atoms with van der Waals surface area (Å²) in [5, 5.41) is 3.43. The van der Waals surface area contributed by atoms with E-state index >= 15 is 0 Å². The van der Waals surface area contributed by atoms with E-state index in [4.69, 9.17) is 4.74 Å². The standard InChI is InChI=1S/C16H19N3O/c1-2-17-15(16-18-9-4-10-19-16)12-5-3-6-14(11-12)20-13-7-8-13/h3-6,9-11,13,15,17H,2,7-8H2,1H3. The Morgan fingerprint density at radius 2 is 2.05 bits per heavy atom. The second kappa shape index (κ2) is 6.01. The van der Waals surface area contributed by atoms with E-state index in [-0.39, 0.29) is 6.04 Å². The number of aromatic nitrogens is 2. The van der Waals surface area contributed by atoms with Gasteiger partial charge >= 0.3 is 0 Å². The Bertz CT molecular complexity index is 555. The van der Waals surface area contributed by atoms with Crippen LogP contribution in [0.4, 0.5) is 0 Å². The van der Waals surface area contributed by atoms with Crippen molar-refractivity contribution in [1.29, 1.82) is 0 Å². The Balaban J connectivity index is 1.86. The molecule has 0 bridgehead atoms. The molecule has 104 valence electrons. The van der Waals surface area contributed by atoms with Crippen LogP contribution in [0.5, 0.6) is 5.75 Å². The van der Waals surface area contributed by atoms with Crippen molar-refractivity contribution < 1.29 is 4.74 Å². The monoisotopic (exact) mass is 269 g/mol. The van der Waals surface area contributed by atoms with Gasteiger partial charge in [0.25, 0.3) is 0 Å². The van der Waals surface area contributed by atoms with Gasteiger partial charge < -0.3 is 10.1 Å². The van der Waals surface area contributed by atoms with Gasteiger partial charge in [-0.15, -0.1) is 0 Å². The molecule has 1 fully saturated rings. The highest BCUT2D eigenvalue weighted by Gasteiger charge is 2.24. The fraction of sp³-hybridized carbons (Fsp3) is 0.375. The third-order valence-electron chi connectivity index (χ3n) is 3.27. The molecule has 4 nitrogen and oxygen atoms in total. The minimum absolute atomic E-state index is 0.00366. The smallest absolute Gasteiger partial charge is 0.149 e. The summed E-state index contributed by atoms with van der Waals surface area (Å²) >= 11 is 0. The predicted molar refractivity (Wildman–Crippen MR) is 77.6 cm³/mol. The molecule has 1 aliphatic rings. The summed E-state index contributed by atoms with van der Waals surface area (Å²) in [6, 6.07) is 10.0. The number of ether oxygens (including phenoxy) is 1. The van der Waals surface area contributed by atoms with Crippen LogP contribution in [0.1, 0.15) is 37.2 Å². The average Bonchev–Trinajstić information content (AvgIpc) is 3.30. The normalized spacial score (nSPS) is 15.8. The molecule has 0 spiro atoms. The lowest BCUT2D eigenvalue weighted by Crippen LogP contribution is -2.23. The van der Waals surface area contributed by atoms with Gasteiger partial charge in [-0.3, -0.25) is 0 Å². The topological polar surface area (TPSA) is 47.0 Å². The van der Waals surface area contributed by atoms with E-state index < -0.39 is 0 Å². The van der Waals surface area contributed by atoms with E-state index in [1.165, 1.54) is 12.8 Å². The van der Waals surface area contributed by atoms with E-state index in [1.807, 2.05) is 18.2 Å². The highest BCUT2D eigenvalue weighted by Crippen LogP contribution is 2.29. The molecule has 0 radical (unpaired) electrons. The molecule has 0 amide bonds. The molecule has 3 rings (SSSR count). The quantitative estimate of drug-likeness (QED) is 0.876. The van der Waals surface area contributed by atoms with Crippen molar-refractivity contribution >= 4 is 0 Å². The Morgan fingerprint density at radius 3 is 2.75 bits per heavy atom. The molecule has 0 saturated heterocycles. The van der Waals surface area contributed by atoms with Crippen molar-refractivity contribution in [2.45, 2.75) is 31.9 Å². The van der Waals surface area contributed by atoms with Gasteiger partial charge in [0.15, 0.2) is 0 Å². The maximum atomic E-state index is 5.86. The molecule has 0 aliphatic heterocycles. The van der Waals surface area contributed by atoms with Crippen LogP contribution in [0, 0.1) is 0 Å². The van der Waals surface area contributed by atoms with Gasteiger partial charge in [0, 0.05) is 12.4 Å². The van der Waals surface area contributed by atoms with Crippen LogP contribution >= 0.6 is 0 Å². The van der Waals surface area contributed by atoms with Gasteiger partial charge in [0.1, 0.15) is 11.6 Å². The van der Waals surface area contributed by atoms with Crippen LogP contribution in [0.2, 0.25) is 0 Å². The Labute approximate surface area is 119 Å². The van der Waals surface area contributed by atoms with Gasteiger partial charge in [-0.1, -0.05) is 19.1 Å². The van der Waals surface area contributed by atoms with Crippen molar-refractivity contribution in [2.75, 3.05) is 6.54 Å². The number of benzene rings is 1. The summed E-state index contributed by atoms with van der Waals surface area (Å²) < 4.78 is 5.86. The Hall–Kier alpha value is -1.94. The lowest BCUT2D eigenvalue weighted by molar-refractivity contribution is 0.302. The Kier molecular flexibility index (Phi) is 3.92. The summed E-state index contributed by atoms with van der Waals surface area (Å²) in [7, 11) is 0. The molecule has 1 atom stereocenters. The lowest BCUT2D eigenvalue weighted by Gasteiger charge is -2.17. The zero-order valence-corrected chi connectivity index (χ0v) is 11.6. The number of nitrogens with one attached hydrogen (secondary N) is 1. The first-order chi connectivity index (χ1) is 9.86. The molecule has 20 heavy (non-hydrogen) atoms. The summed E-state index contributed by atoms with van der Waals surface area (Å²) in [6.07, 6.45) is 6.30. The van der Waals surface area contributed by atoms with Crippen LogP contribution in [-0.4, -0.2) is 22.6 Å². The van der Waals surface area contributed by atoms with Gasteiger partial charge in [0.05, 0.1) is 12.1 Å². The molecule has 1 aliphatic carbocycles. The van der Waals surface area contributed by atoms with E-state index in [0.717, 1.165) is 23.7 Å². The third-order valence-corrected chi connectivity index (χ3v) is 3.27. The summed E-state index contributed by atoms with van der Waals surface area (Å²) in [5.74, 6) is 1.72. The van der Waals surface area contributed by atoms with Crippen LogP contribution in [-0.2, 0) is 0 Å². The Morgan fingerprint density at radius 1 is 1.25 bits per heavy atom. The zero-order chi connectivity index (χ0) is 13.8. The predicted octanol–water partition coefficient (Wildman–Crippen LogP) is 2.72. The fourth-order valence-corrected chi connectivity index (χ4v) is 2.17. The van der Waals surface area contributed by atoms with Crippen molar-refractivity contribution in [1.82, 2.24) is 15.3 Å². The van der Waals surface area contributed by atoms with Crippen LogP contribution < -0.4 is 10.1 Å². The van der Waals surface area contributed by atoms with E-state index in [9.17, 15) is 0 Å². The SMILES string of the molecule is CCNC(c1cccc(OC2CC2)c1)c1ncccn1. The fourth-order valence-electron chi connectivity index (χ4n) is 2.17. The van der Waals surface area contributed by atoms with Gasteiger partial charge in [-0.05, 0) is 43.1 Å². The van der Waals surface area contributed by atoms with Crippen LogP contribution in [0.25, 0.3) is 0 Å². The molecule has 1 aromatic carbocycles. The first-order valence-electron chi connectivity index (χ1n) is 7.13.